The van der Waals surface area contributed by atoms with Crippen LogP contribution in [-0.4, -0.2) is 22.4 Å². The summed E-state index contributed by atoms with van der Waals surface area (Å²) in [6.45, 7) is 0. The third kappa shape index (κ3) is 7.40. The first-order valence-electron chi connectivity index (χ1n) is 25.6. The molecule has 0 fully saturated rings. The van der Waals surface area contributed by atoms with E-state index < -0.39 is 13.3 Å². The molecule has 0 aliphatic rings. The minimum Gasteiger partial charge on any atom is -0.0616 e. The Hall–Kier alpha value is -9.23. The van der Waals surface area contributed by atoms with Crippen LogP contribution in [0.5, 0.6) is 0 Å². The second kappa shape index (κ2) is 18.4. The van der Waals surface area contributed by atoms with Crippen LogP contribution < -0.4 is 22.5 Å². The molecule has 354 valence electrons. The van der Waals surface area contributed by atoms with E-state index in [1.807, 2.05) is 12.1 Å². The molecule has 0 radical (unpaired) electrons. The number of rotatable bonds is 10. The van der Waals surface area contributed by atoms with Crippen molar-refractivity contribution in [2.45, 2.75) is 0 Å². The summed E-state index contributed by atoms with van der Waals surface area (Å²) in [7, 11) is 0. The number of aromatic nitrogens is 2. The van der Waals surface area contributed by atoms with Crippen LogP contribution in [0.2, 0.25) is 0 Å². The maximum absolute atomic E-state index is 14.3. The van der Waals surface area contributed by atoms with Gasteiger partial charge in [-0.25, -0.2) is 4.39 Å². The minimum atomic E-state index is -3.45. The molecule has 0 amide bonds. The van der Waals surface area contributed by atoms with Crippen LogP contribution in [0.15, 0.2) is 291 Å². The molecule has 75 heavy (non-hydrogen) atoms. The smallest absolute Gasteiger partial charge is 0.0616 e. The summed E-state index contributed by atoms with van der Waals surface area (Å²) >= 11 is -3.45. The summed E-state index contributed by atoms with van der Waals surface area (Å²) in [4.78, 5) is 2.42. The van der Waals surface area contributed by atoms with Crippen LogP contribution in [0, 0.1) is 5.82 Å². The fourth-order valence-electron chi connectivity index (χ4n) is 12.0. The van der Waals surface area contributed by atoms with Gasteiger partial charge in [0.1, 0.15) is 5.82 Å². The fraction of sp³-hybridized carbons (Fsp3) is 0. The molecular weight excluding hydrogens is 974 g/mol. The van der Waals surface area contributed by atoms with E-state index in [1.165, 1.54) is 46.1 Å². The van der Waals surface area contributed by atoms with Crippen molar-refractivity contribution in [3.63, 3.8) is 0 Å². The van der Waals surface area contributed by atoms with Gasteiger partial charge in [0.15, 0.2) is 0 Å². The van der Waals surface area contributed by atoms with Crippen molar-refractivity contribution in [2.24, 2.45) is 0 Å². The molecule has 0 spiro atoms. The van der Waals surface area contributed by atoms with Crippen LogP contribution in [-0.2, 0) is 0 Å². The summed E-state index contributed by atoms with van der Waals surface area (Å²) in [5, 5.41) is 6.92. The van der Waals surface area contributed by atoms with Crippen molar-refractivity contribution in [3.8, 4) is 22.5 Å². The molecule has 0 aliphatic heterocycles. The van der Waals surface area contributed by atoms with Gasteiger partial charge in [-0.1, -0.05) is 60.7 Å². The van der Waals surface area contributed by atoms with E-state index in [0.717, 1.165) is 77.6 Å². The third-order valence-corrected chi connectivity index (χ3v) is 25.4. The number of nitrogens with zero attached hydrogens (tertiary/aromatic N) is 3. The van der Waals surface area contributed by atoms with Crippen molar-refractivity contribution in [1.82, 2.24) is 9.13 Å². The van der Waals surface area contributed by atoms with E-state index in [2.05, 4.69) is 281 Å². The molecule has 3 nitrogen and oxygen atoms in total. The predicted molar refractivity (Wildman–Crippen MR) is 316 cm³/mol. The topological polar surface area (TPSA) is 13.1 Å². The second-order valence-electron chi connectivity index (χ2n) is 19.4. The van der Waals surface area contributed by atoms with Gasteiger partial charge in [0.05, 0.1) is 11.0 Å². The number of hydrogen-bond donors (Lipinski definition) is 0. The minimum absolute atomic E-state index is 0.253. The Morgan fingerprint density at radius 2 is 0.720 bits per heavy atom. The Morgan fingerprint density at radius 3 is 1.32 bits per heavy atom. The first kappa shape index (κ1) is 44.5. The van der Waals surface area contributed by atoms with Crippen LogP contribution in [0.25, 0.3) is 76.9 Å². The zero-order valence-corrected chi connectivity index (χ0v) is 43.0. The second-order valence-corrected chi connectivity index (χ2v) is 27.4. The van der Waals surface area contributed by atoms with Crippen LogP contribution in [0.4, 0.5) is 21.5 Å². The summed E-state index contributed by atoms with van der Waals surface area (Å²) in [5.74, 6) is -0.253. The zero-order valence-electron chi connectivity index (χ0n) is 40.9. The molecule has 14 rings (SSSR count). The van der Waals surface area contributed by atoms with E-state index in [-0.39, 0.29) is 5.82 Å². The van der Waals surface area contributed by atoms with Gasteiger partial charge in [0.25, 0.3) is 0 Å². The van der Waals surface area contributed by atoms with Gasteiger partial charge >= 0.3 is 272 Å². The molecule has 5 heteroatoms. The normalized spacial score (nSPS) is 11.8. The molecule has 0 bridgehead atoms. The van der Waals surface area contributed by atoms with Gasteiger partial charge in [-0.3, -0.25) is 0 Å². The van der Waals surface area contributed by atoms with E-state index in [9.17, 15) is 4.39 Å². The molecule has 0 N–H and O–H groups in total. The average molecular weight is 1020 g/mol. The van der Waals surface area contributed by atoms with Gasteiger partial charge in [-0.2, -0.15) is 0 Å². The van der Waals surface area contributed by atoms with Crippen LogP contribution in [0.1, 0.15) is 0 Å². The van der Waals surface area contributed by atoms with Crippen molar-refractivity contribution >= 4 is 102 Å². The standard InChI is InChI=1S/C70H48FGeN3/c71-52-35-39-58(40-36-52)75-67-30-16-15-29-62(67)64-47-59(41-44-69(64)75)73(66-31-17-19-50-18-13-14-28-61(50)66)60-42-45-70-65(48-60)63-46-51(34-43-68(63)74(70)57-26-11-4-12-27-57)49-32-37-56(38-33-49)72(53-20-5-1-6-21-53,54-22-7-2-8-23-54)55-24-9-3-10-25-55/h1-48H. The Kier molecular flexibility index (Phi) is 10.9. The molecule has 0 atom stereocenters. The third-order valence-electron chi connectivity index (χ3n) is 15.3. The zero-order chi connectivity index (χ0) is 49.9. The van der Waals surface area contributed by atoms with Crippen molar-refractivity contribution in [2.75, 3.05) is 4.90 Å². The van der Waals surface area contributed by atoms with Gasteiger partial charge < -0.3 is 4.57 Å². The average Bonchev–Trinajstić information content (AvgIpc) is 4.03. The van der Waals surface area contributed by atoms with Gasteiger partial charge in [0.2, 0.25) is 0 Å². The number of halogens is 1. The Labute approximate surface area is 437 Å². The van der Waals surface area contributed by atoms with Crippen LogP contribution >= 0.6 is 0 Å². The molecule has 0 saturated heterocycles. The number of para-hydroxylation sites is 2. The van der Waals surface area contributed by atoms with Gasteiger partial charge in [-0.15, -0.1) is 0 Å². The molecule has 12 aromatic carbocycles. The number of fused-ring (bicyclic) bond motifs is 7. The quantitative estimate of drug-likeness (QED) is 0.124. The number of anilines is 3. The number of benzene rings is 12. The molecular formula is C70H48FGeN3. The van der Waals surface area contributed by atoms with E-state index in [0.29, 0.717) is 0 Å². The van der Waals surface area contributed by atoms with Gasteiger partial charge in [-0.05, 0) is 60.0 Å². The molecule has 0 saturated carbocycles. The molecule has 2 aromatic heterocycles. The fourth-order valence-corrected chi connectivity index (χ4v) is 21.9. The number of hydrogen-bond acceptors (Lipinski definition) is 1. The van der Waals surface area contributed by atoms with E-state index >= 15 is 0 Å². The van der Waals surface area contributed by atoms with Crippen molar-refractivity contribution in [3.05, 3.63) is 297 Å². The summed E-state index contributed by atoms with van der Waals surface area (Å²) in [5.41, 5.74) is 11.9. The monoisotopic (exact) mass is 1020 g/mol. The van der Waals surface area contributed by atoms with Crippen molar-refractivity contribution in [1.29, 1.82) is 0 Å². The molecule has 0 aliphatic carbocycles. The summed E-state index contributed by atoms with van der Waals surface area (Å²) < 4.78 is 24.5. The summed E-state index contributed by atoms with van der Waals surface area (Å²) in [6, 6.07) is 105. The first-order chi connectivity index (χ1) is 37.1. The molecule has 14 aromatic rings. The Morgan fingerprint density at radius 1 is 0.293 bits per heavy atom. The Bertz CT molecular complexity index is 4300. The van der Waals surface area contributed by atoms with E-state index in [4.69, 9.17) is 0 Å². The van der Waals surface area contributed by atoms with Gasteiger partial charge in [0, 0.05) is 21.8 Å². The SMILES string of the molecule is Fc1ccc(-n2c3ccccc3c3cc(N(c4ccc5c(c4)c4cc(-c6cc[c]([Ge]([c]7ccccc7)([c]7ccccc7)[c]7ccccc7)cc6)ccc4n5-c4ccccc4)c4cccc5ccccc45)ccc32)cc1. The summed E-state index contributed by atoms with van der Waals surface area (Å²) in [6.07, 6.45) is 0. The van der Waals surface area contributed by atoms with E-state index in [1.54, 1.807) is 0 Å². The Balaban J connectivity index is 0.962. The van der Waals surface area contributed by atoms with Crippen molar-refractivity contribution < 1.29 is 4.39 Å². The maximum atomic E-state index is 14.3. The van der Waals surface area contributed by atoms with Crippen LogP contribution in [0.3, 0.4) is 0 Å². The predicted octanol–water partition coefficient (Wildman–Crippen LogP) is 15.7. The molecule has 2 heterocycles. The first-order valence-corrected chi connectivity index (χ1v) is 29.8. The molecule has 0 unspecified atom stereocenters.